The first kappa shape index (κ1) is 15.7. The number of carboxylic acid groups (broad SMARTS) is 1. The van der Waals surface area contributed by atoms with Gasteiger partial charge < -0.3 is 10.1 Å². The van der Waals surface area contributed by atoms with Gasteiger partial charge in [0.1, 0.15) is 0 Å². The number of rotatable bonds is 6. The van der Waals surface area contributed by atoms with Crippen molar-refractivity contribution >= 4 is 28.8 Å². The van der Waals surface area contributed by atoms with Gasteiger partial charge in [0.2, 0.25) is 0 Å². The minimum atomic E-state index is -1.03. The summed E-state index contributed by atoms with van der Waals surface area (Å²) in [5.74, 6) is -1.03. The van der Waals surface area contributed by atoms with Crippen LogP contribution in [0, 0.1) is 0 Å². The third-order valence-corrected chi connectivity index (χ3v) is 5.78. The smallest absolute Gasteiger partial charge is 0.337 e. The number of imidazole rings is 1. The second kappa shape index (κ2) is 5.97. The van der Waals surface area contributed by atoms with Crippen molar-refractivity contribution in [2.24, 2.45) is 0 Å². The summed E-state index contributed by atoms with van der Waals surface area (Å²) in [6.07, 6.45) is 3.94. The van der Waals surface area contributed by atoms with Crippen LogP contribution in [0.1, 0.15) is 37.0 Å². The highest BCUT2D eigenvalue weighted by Crippen LogP contribution is 2.32. The average molecular weight is 308 g/mol. The van der Waals surface area contributed by atoms with Crippen LogP contribution in [0.15, 0.2) is 23.0 Å². The van der Waals surface area contributed by atoms with E-state index >= 15 is 0 Å². The molecule has 6 heteroatoms. The van der Waals surface area contributed by atoms with E-state index in [1.54, 1.807) is 28.5 Å². The molecular weight excluding hydrogens is 288 g/mol. The van der Waals surface area contributed by atoms with Crippen molar-refractivity contribution in [3.05, 3.63) is 34.2 Å². The van der Waals surface area contributed by atoms with Crippen molar-refractivity contribution in [2.75, 3.05) is 6.26 Å². The van der Waals surface area contributed by atoms with Crippen molar-refractivity contribution in [3.63, 3.8) is 0 Å². The van der Waals surface area contributed by atoms with E-state index in [0.717, 1.165) is 12.8 Å². The Kier molecular flexibility index (Phi) is 4.46. The molecule has 0 atom stereocenters. The summed E-state index contributed by atoms with van der Waals surface area (Å²) in [5.41, 5.74) is 0.933. The molecule has 0 aliphatic heterocycles. The number of para-hydroxylation sites is 1. The number of H-pyrrole nitrogens is 1. The molecule has 0 amide bonds. The van der Waals surface area contributed by atoms with Gasteiger partial charge in [0, 0.05) is 11.3 Å². The Balaban J connectivity index is 2.60. The third kappa shape index (κ3) is 2.72. The highest BCUT2D eigenvalue weighted by molar-refractivity contribution is 8.00. The highest BCUT2D eigenvalue weighted by atomic mass is 32.2. The predicted octanol–water partition coefficient (Wildman–Crippen LogP) is 2.95. The molecule has 0 bridgehead atoms. The normalized spacial score (nSPS) is 12.0. The highest BCUT2D eigenvalue weighted by Gasteiger charge is 2.27. The summed E-state index contributed by atoms with van der Waals surface area (Å²) < 4.78 is 1.64. The van der Waals surface area contributed by atoms with Gasteiger partial charge in [-0.3, -0.25) is 4.57 Å². The standard InChI is InChI=1S/C15H20N2O3S/c1-4-15(5-2,21-3)9-17-11-8-6-7-10(13(18)19)12(11)16-14(17)20/h6-8H,4-5,9H2,1-3H3,(H,16,20)(H,18,19). The van der Waals surface area contributed by atoms with E-state index in [0.29, 0.717) is 17.6 Å². The quantitative estimate of drug-likeness (QED) is 0.860. The monoisotopic (exact) mass is 308 g/mol. The van der Waals surface area contributed by atoms with Gasteiger partial charge in [0.05, 0.1) is 16.6 Å². The number of fused-ring (bicyclic) bond motifs is 1. The van der Waals surface area contributed by atoms with E-state index in [2.05, 4.69) is 25.1 Å². The number of nitrogens with zero attached hydrogens (tertiary/aromatic N) is 1. The lowest BCUT2D eigenvalue weighted by Crippen LogP contribution is -2.33. The molecular formula is C15H20N2O3S. The molecule has 2 N–H and O–H groups in total. The molecule has 0 unspecified atom stereocenters. The first-order valence-electron chi connectivity index (χ1n) is 6.98. The van der Waals surface area contributed by atoms with Crippen LogP contribution in [0.2, 0.25) is 0 Å². The van der Waals surface area contributed by atoms with Gasteiger partial charge in [0.15, 0.2) is 0 Å². The number of hydrogen-bond donors (Lipinski definition) is 2. The van der Waals surface area contributed by atoms with Crippen molar-refractivity contribution in [3.8, 4) is 0 Å². The van der Waals surface area contributed by atoms with Crippen molar-refractivity contribution in [1.82, 2.24) is 9.55 Å². The van der Waals surface area contributed by atoms with E-state index in [-0.39, 0.29) is 16.0 Å². The Morgan fingerprint density at radius 3 is 2.57 bits per heavy atom. The second-order valence-electron chi connectivity index (χ2n) is 5.12. The molecule has 0 spiro atoms. The Morgan fingerprint density at radius 2 is 2.05 bits per heavy atom. The Labute approximate surface area is 127 Å². The van der Waals surface area contributed by atoms with Crippen LogP contribution in [-0.2, 0) is 6.54 Å². The van der Waals surface area contributed by atoms with Crippen LogP contribution in [0.5, 0.6) is 0 Å². The van der Waals surface area contributed by atoms with E-state index in [1.807, 2.05) is 0 Å². The van der Waals surface area contributed by atoms with E-state index in [9.17, 15) is 14.7 Å². The number of aromatic carboxylic acids is 1. The SMILES string of the molecule is CCC(CC)(Cn1c(=O)[nH]c2c(C(=O)O)cccc21)SC. The van der Waals surface area contributed by atoms with Crippen LogP contribution < -0.4 is 5.69 Å². The molecule has 0 saturated carbocycles. The van der Waals surface area contributed by atoms with Crippen molar-refractivity contribution < 1.29 is 9.90 Å². The van der Waals surface area contributed by atoms with Gasteiger partial charge in [0.25, 0.3) is 0 Å². The summed E-state index contributed by atoms with van der Waals surface area (Å²) >= 11 is 1.75. The summed E-state index contributed by atoms with van der Waals surface area (Å²) in [6.45, 7) is 4.80. The van der Waals surface area contributed by atoms with E-state index in [1.165, 1.54) is 6.07 Å². The maximum Gasteiger partial charge on any atom is 0.337 e. The molecule has 0 aliphatic rings. The van der Waals surface area contributed by atoms with Crippen LogP contribution >= 0.6 is 11.8 Å². The van der Waals surface area contributed by atoms with Gasteiger partial charge in [-0.25, -0.2) is 9.59 Å². The van der Waals surface area contributed by atoms with Gasteiger partial charge >= 0.3 is 11.7 Å². The number of nitrogens with one attached hydrogen (secondary N) is 1. The van der Waals surface area contributed by atoms with Crippen LogP contribution in [0.3, 0.4) is 0 Å². The molecule has 0 fully saturated rings. The summed E-state index contributed by atoms with van der Waals surface area (Å²) in [6, 6.07) is 4.97. The number of aromatic nitrogens is 2. The number of aromatic amines is 1. The van der Waals surface area contributed by atoms with Crippen molar-refractivity contribution in [1.29, 1.82) is 0 Å². The molecule has 1 heterocycles. The van der Waals surface area contributed by atoms with E-state index in [4.69, 9.17) is 0 Å². The summed E-state index contributed by atoms with van der Waals surface area (Å²) in [7, 11) is 0. The minimum absolute atomic E-state index is 0.0157. The lowest BCUT2D eigenvalue weighted by atomic mass is 10.0. The molecule has 21 heavy (non-hydrogen) atoms. The molecule has 114 valence electrons. The minimum Gasteiger partial charge on any atom is -0.478 e. The van der Waals surface area contributed by atoms with Crippen LogP contribution in [0.4, 0.5) is 0 Å². The Morgan fingerprint density at radius 1 is 1.38 bits per heavy atom. The zero-order valence-corrected chi connectivity index (χ0v) is 13.3. The van der Waals surface area contributed by atoms with Crippen molar-refractivity contribution in [2.45, 2.75) is 38.0 Å². The second-order valence-corrected chi connectivity index (χ2v) is 6.39. The topological polar surface area (TPSA) is 75.1 Å². The average Bonchev–Trinajstić information content (AvgIpc) is 2.80. The van der Waals surface area contributed by atoms with Crippen LogP contribution in [0.25, 0.3) is 11.0 Å². The van der Waals surface area contributed by atoms with Crippen LogP contribution in [-0.4, -0.2) is 31.6 Å². The number of carboxylic acids is 1. The van der Waals surface area contributed by atoms with Gasteiger partial charge in [-0.05, 0) is 31.2 Å². The Bertz CT molecular complexity index is 705. The molecule has 1 aromatic carbocycles. The molecule has 0 aliphatic carbocycles. The molecule has 1 aromatic heterocycles. The lowest BCUT2D eigenvalue weighted by Gasteiger charge is -2.29. The Hall–Kier alpha value is -1.69. The zero-order valence-electron chi connectivity index (χ0n) is 12.5. The fourth-order valence-corrected chi connectivity index (χ4v) is 3.47. The number of thioether (sulfide) groups is 1. The summed E-state index contributed by atoms with van der Waals surface area (Å²) in [4.78, 5) is 26.2. The molecule has 0 saturated heterocycles. The summed E-state index contributed by atoms with van der Waals surface area (Å²) in [5, 5.41) is 9.22. The largest absolute Gasteiger partial charge is 0.478 e. The van der Waals surface area contributed by atoms with E-state index < -0.39 is 5.97 Å². The first-order valence-corrected chi connectivity index (χ1v) is 8.20. The zero-order chi connectivity index (χ0) is 15.6. The predicted molar refractivity (Wildman–Crippen MR) is 86.3 cm³/mol. The first-order chi connectivity index (χ1) is 9.98. The third-order valence-electron chi connectivity index (χ3n) is 4.21. The number of carbonyl (C=O) groups is 1. The lowest BCUT2D eigenvalue weighted by molar-refractivity contribution is 0.0699. The fourth-order valence-electron chi connectivity index (χ4n) is 2.63. The van der Waals surface area contributed by atoms with Gasteiger partial charge in [-0.1, -0.05) is 19.9 Å². The van der Waals surface area contributed by atoms with Gasteiger partial charge in [-0.2, -0.15) is 11.8 Å². The molecule has 2 aromatic rings. The molecule has 0 radical (unpaired) electrons. The van der Waals surface area contributed by atoms with Gasteiger partial charge in [-0.15, -0.1) is 0 Å². The maximum atomic E-state index is 12.2. The number of hydrogen-bond acceptors (Lipinski definition) is 3. The number of benzene rings is 1. The fraction of sp³-hybridized carbons (Fsp3) is 0.467. The maximum absolute atomic E-state index is 12.2. The molecule has 2 rings (SSSR count). The molecule has 5 nitrogen and oxygen atoms in total.